The normalized spacial score (nSPS) is 16.9. The number of carboxylic acids is 1. The summed E-state index contributed by atoms with van der Waals surface area (Å²) in [5.74, 6) is -4.32. The van der Waals surface area contributed by atoms with Gasteiger partial charge in [-0.25, -0.2) is 9.78 Å². The number of imidazole rings is 1. The number of amides is 3. The third-order valence-corrected chi connectivity index (χ3v) is 4.69. The van der Waals surface area contributed by atoms with Gasteiger partial charge in [-0.1, -0.05) is 13.8 Å². The van der Waals surface area contributed by atoms with Crippen LogP contribution < -0.4 is 21.7 Å². The van der Waals surface area contributed by atoms with E-state index in [2.05, 4.69) is 25.9 Å². The highest BCUT2D eigenvalue weighted by Crippen LogP contribution is 2.06. The number of aliphatic hydroxyl groups excluding tert-OH is 2. The maximum atomic E-state index is 12.7. The van der Waals surface area contributed by atoms with E-state index in [1.165, 1.54) is 26.4 Å². The van der Waals surface area contributed by atoms with Crippen LogP contribution in [0.4, 0.5) is 0 Å². The Bertz CT molecular complexity index is 781. The fraction of sp³-hybridized carbons (Fsp3) is 0.632. The zero-order valence-electron chi connectivity index (χ0n) is 18.4. The van der Waals surface area contributed by atoms with Crippen molar-refractivity contribution in [2.24, 2.45) is 11.7 Å². The third-order valence-electron chi connectivity index (χ3n) is 4.69. The molecule has 3 amide bonds. The van der Waals surface area contributed by atoms with Crippen molar-refractivity contribution in [3.8, 4) is 0 Å². The molecule has 0 spiro atoms. The molecule has 180 valence electrons. The molecular weight excluding hydrogens is 424 g/mol. The molecule has 0 saturated heterocycles. The molecule has 0 aliphatic rings. The Morgan fingerprint density at radius 1 is 0.938 bits per heavy atom. The van der Waals surface area contributed by atoms with E-state index in [1.807, 2.05) is 0 Å². The standard InChI is InChI=1S/C19H32N6O7/c1-8(2)13(17(29)25-15(10(4)27)19(31)32)23-18(30)14(9(3)26)24-16(28)12(20)5-11-6-21-7-22-11/h6-10,12-15,26-27H,5,20H2,1-4H3,(H,21,22)(H,23,30)(H,24,28)(H,25,29)(H,31,32). The number of hydrogen-bond donors (Lipinski definition) is 8. The van der Waals surface area contributed by atoms with Gasteiger partial charge in [0.1, 0.15) is 12.1 Å². The molecule has 0 radical (unpaired) electrons. The number of aromatic amines is 1. The maximum absolute atomic E-state index is 12.7. The number of carboxylic acid groups (broad SMARTS) is 1. The second-order valence-corrected chi connectivity index (χ2v) is 7.91. The van der Waals surface area contributed by atoms with Crippen molar-refractivity contribution in [3.63, 3.8) is 0 Å². The van der Waals surface area contributed by atoms with E-state index in [0.717, 1.165) is 0 Å². The summed E-state index contributed by atoms with van der Waals surface area (Å²) in [5, 5.41) is 35.7. The van der Waals surface area contributed by atoms with Crippen LogP contribution in [0, 0.1) is 5.92 Å². The molecule has 0 bridgehead atoms. The van der Waals surface area contributed by atoms with Crippen LogP contribution in [-0.2, 0) is 25.6 Å². The number of rotatable bonds is 12. The molecule has 1 aromatic heterocycles. The molecule has 1 rings (SSSR count). The summed E-state index contributed by atoms with van der Waals surface area (Å²) < 4.78 is 0. The SMILES string of the molecule is CC(C)C(NC(=O)C(NC(=O)C(N)Cc1cnc[nH]1)C(C)O)C(=O)NC(C(=O)O)C(C)O. The van der Waals surface area contributed by atoms with Gasteiger partial charge in [0.2, 0.25) is 17.7 Å². The fourth-order valence-corrected chi connectivity index (χ4v) is 2.80. The molecule has 0 aliphatic carbocycles. The van der Waals surface area contributed by atoms with Crippen LogP contribution in [0.2, 0.25) is 0 Å². The molecule has 1 aromatic rings. The number of nitrogens with two attached hydrogens (primary N) is 1. The van der Waals surface area contributed by atoms with Gasteiger partial charge in [-0.3, -0.25) is 14.4 Å². The first-order valence-corrected chi connectivity index (χ1v) is 10.1. The highest BCUT2D eigenvalue weighted by molar-refractivity contribution is 5.94. The van der Waals surface area contributed by atoms with Gasteiger partial charge in [-0.15, -0.1) is 0 Å². The van der Waals surface area contributed by atoms with Crippen molar-refractivity contribution >= 4 is 23.7 Å². The second kappa shape index (κ2) is 12.1. The topological polar surface area (TPSA) is 220 Å². The molecular formula is C19H32N6O7. The largest absolute Gasteiger partial charge is 0.480 e. The van der Waals surface area contributed by atoms with Crippen molar-refractivity contribution in [3.05, 3.63) is 18.2 Å². The lowest BCUT2D eigenvalue weighted by molar-refractivity contribution is -0.145. The van der Waals surface area contributed by atoms with Gasteiger partial charge in [0, 0.05) is 18.3 Å². The number of nitrogens with one attached hydrogen (secondary N) is 4. The van der Waals surface area contributed by atoms with Crippen LogP contribution >= 0.6 is 0 Å². The minimum absolute atomic E-state index is 0.118. The minimum atomic E-state index is -1.58. The molecule has 13 heteroatoms. The summed E-state index contributed by atoms with van der Waals surface area (Å²) in [6, 6.07) is -5.22. The number of carbonyl (C=O) groups is 4. The molecule has 0 aromatic carbocycles. The number of aliphatic carboxylic acids is 1. The zero-order valence-corrected chi connectivity index (χ0v) is 18.4. The summed E-state index contributed by atoms with van der Waals surface area (Å²) in [4.78, 5) is 55.6. The minimum Gasteiger partial charge on any atom is -0.480 e. The summed E-state index contributed by atoms with van der Waals surface area (Å²) in [7, 11) is 0. The Morgan fingerprint density at radius 2 is 1.44 bits per heavy atom. The molecule has 13 nitrogen and oxygen atoms in total. The summed E-state index contributed by atoms with van der Waals surface area (Å²) >= 11 is 0. The molecule has 0 saturated carbocycles. The second-order valence-electron chi connectivity index (χ2n) is 7.91. The summed E-state index contributed by atoms with van der Waals surface area (Å²) in [6.45, 7) is 5.70. The van der Waals surface area contributed by atoms with E-state index in [-0.39, 0.29) is 6.42 Å². The number of hydrogen-bond acceptors (Lipinski definition) is 8. The van der Waals surface area contributed by atoms with Crippen molar-refractivity contribution in [1.82, 2.24) is 25.9 Å². The van der Waals surface area contributed by atoms with Gasteiger partial charge in [0.25, 0.3) is 0 Å². The Balaban J connectivity index is 2.87. The molecule has 6 atom stereocenters. The van der Waals surface area contributed by atoms with E-state index >= 15 is 0 Å². The Kier molecular flexibility index (Phi) is 10.2. The smallest absolute Gasteiger partial charge is 0.328 e. The van der Waals surface area contributed by atoms with Crippen molar-refractivity contribution < 1.29 is 34.5 Å². The van der Waals surface area contributed by atoms with Crippen LogP contribution in [0.3, 0.4) is 0 Å². The average molecular weight is 457 g/mol. The molecule has 6 unspecified atom stereocenters. The van der Waals surface area contributed by atoms with E-state index in [1.54, 1.807) is 13.8 Å². The van der Waals surface area contributed by atoms with Gasteiger partial charge >= 0.3 is 5.97 Å². The first kappa shape index (κ1) is 27.0. The molecule has 9 N–H and O–H groups in total. The van der Waals surface area contributed by atoms with Crippen LogP contribution in [0.5, 0.6) is 0 Å². The molecule has 0 aliphatic heterocycles. The molecule has 0 fully saturated rings. The highest BCUT2D eigenvalue weighted by atomic mass is 16.4. The van der Waals surface area contributed by atoms with E-state index in [9.17, 15) is 29.4 Å². The molecule has 32 heavy (non-hydrogen) atoms. The lowest BCUT2D eigenvalue weighted by Gasteiger charge is -2.28. The van der Waals surface area contributed by atoms with Gasteiger partial charge in [-0.2, -0.15) is 0 Å². The predicted molar refractivity (Wildman–Crippen MR) is 112 cm³/mol. The third kappa shape index (κ3) is 7.90. The van der Waals surface area contributed by atoms with E-state index in [0.29, 0.717) is 5.69 Å². The van der Waals surface area contributed by atoms with Crippen LogP contribution in [-0.4, -0.2) is 85.4 Å². The van der Waals surface area contributed by atoms with Gasteiger partial charge in [-0.05, 0) is 19.8 Å². The quantitative estimate of drug-likeness (QED) is 0.163. The van der Waals surface area contributed by atoms with Crippen molar-refractivity contribution in [2.75, 3.05) is 0 Å². The fourth-order valence-electron chi connectivity index (χ4n) is 2.80. The zero-order chi connectivity index (χ0) is 24.6. The Hall–Kier alpha value is -3.03. The summed E-state index contributed by atoms with van der Waals surface area (Å²) in [5.41, 5.74) is 6.45. The summed E-state index contributed by atoms with van der Waals surface area (Å²) in [6.07, 6.45) is 0.344. The number of aromatic nitrogens is 2. The highest BCUT2D eigenvalue weighted by Gasteiger charge is 2.34. The van der Waals surface area contributed by atoms with Crippen LogP contribution in [0.15, 0.2) is 12.5 Å². The van der Waals surface area contributed by atoms with Gasteiger partial charge in [0.15, 0.2) is 6.04 Å². The molecule has 1 heterocycles. The van der Waals surface area contributed by atoms with E-state index < -0.39 is 66.0 Å². The van der Waals surface area contributed by atoms with Crippen molar-refractivity contribution in [1.29, 1.82) is 0 Å². The lowest BCUT2D eigenvalue weighted by Crippen LogP contribution is -2.61. The monoisotopic (exact) mass is 456 g/mol. The number of nitrogens with zero attached hydrogens (tertiary/aromatic N) is 1. The first-order chi connectivity index (χ1) is 14.8. The van der Waals surface area contributed by atoms with Crippen molar-refractivity contribution in [2.45, 2.75) is 70.5 Å². The number of carbonyl (C=O) groups excluding carboxylic acids is 3. The lowest BCUT2D eigenvalue weighted by atomic mass is 10.0. The Morgan fingerprint density at radius 3 is 1.88 bits per heavy atom. The maximum Gasteiger partial charge on any atom is 0.328 e. The predicted octanol–water partition coefficient (Wildman–Crippen LogP) is -2.76. The van der Waals surface area contributed by atoms with E-state index in [4.69, 9.17) is 10.8 Å². The Labute approximate surface area is 185 Å². The number of H-pyrrole nitrogens is 1. The van der Waals surface area contributed by atoms with Crippen LogP contribution in [0.25, 0.3) is 0 Å². The van der Waals surface area contributed by atoms with Gasteiger partial charge < -0.3 is 42.0 Å². The number of aliphatic hydroxyl groups is 2. The van der Waals surface area contributed by atoms with Crippen LogP contribution in [0.1, 0.15) is 33.4 Å². The van der Waals surface area contributed by atoms with Gasteiger partial charge in [0.05, 0.1) is 24.6 Å². The first-order valence-electron chi connectivity index (χ1n) is 10.1. The average Bonchev–Trinajstić information content (AvgIpc) is 3.19.